The van der Waals surface area contributed by atoms with Gasteiger partial charge >= 0.3 is 0 Å². The van der Waals surface area contributed by atoms with E-state index in [0.717, 1.165) is 25.7 Å². The Kier molecular flexibility index (Phi) is 4.92. The minimum atomic E-state index is 0.296. The number of rotatable bonds is 5. The van der Waals surface area contributed by atoms with Gasteiger partial charge in [0, 0.05) is 0 Å². The van der Waals surface area contributed by atoms with Crippen LogP contribution in [0.4, 0.5) is 0 Å². The van der Waals surface area contributed by atoms with Gasteiger partial charge in [-0.2, -0.15) is 5.26 Å². The number of hydrogen-bond acceptors (Lipinski definition) is 2. The van der Waals surface area contributed by atoms with Crippen molar-refractivity contribution in [3.8, 4) is 11.8 Å². The largest absolute Gasteiger partial charge is 0.508 e. The van der Waals surface area contributed by atoms with E-state index in [9.17, 15) is 0 Å². The van der Waals surface area contributed by atoms with Crippen molar-refractivity contribution in [1.29, 1.82) is 5.26 Å². The molecule has 0 aromatic heterocycles. The maximum absolute atomic E-state index is 9.11. The molecule has 0 aliphatic heterocycles. The molecule has 0 aliphatic carbocycles. The summed E-state index contributed by atoms with van der Waals surface area (Å²) in [5, 5.41) is 17.8. The van der Waals surface area contributed by atoms with Gasteiger partial charge in [0.15, 0.2) is 0 Å². The molecule has 2 nitrogen and oxygen atoms in total. The lowest BCUT2D eigenvalue weighted by Gasteiger charge is -2.01. The number of aromatic hydroxyl groups is 1. The molecule has 0 saturated heterocycles. The lowest BCUT2D eigenvalue weighted by Crippen LogP contribution is -1.86. The fourth-order valence-electron chi connectivity index (χ4n) is 1.48. The molecular formula is C14H15NO. The normalized spacial score (nSPS) is 9.19. The number of unbranched alkanes of at least 4 members (excludes halogenated alkanes) is 1. The zero-order valence-electron chi connectivity index (χ0n) is 9.24. The quantitative estimate of drug-likeness (QED) is 0.463. The van der Waals surface area contributed by atoms with E-state index in [1.807, 2.05) is 12.1 Å². The van der Waals surface area contributed by atoms with Crippen LogP contribution in [0.2, 0.25) is 0 Å². The van der Waals surface area contributed by atoms with Crippen LogP contribution in [-0.4, -0.2) is 5.11 Å². The molecule has 0 unspecified atom stereocenters. The van der Waals surface area contributed by atoms with E-state index in [0.29, 0.717) is 11.3 Å². The highest BCUT2D eigenvalue weighted by atomic mass is 16.3. The van der Waals surface area contributed by atoms with Gasteiger partial charge in [-0.3, -0.25) is 0 Å². The molecule has 0 spiro atoms. The Bertz CT molecular complexity index is 419. The maximum Gasteiger partial charge on any atom is 0.115 e. The first-order valence-corrected chi connectivity index (χ1v) is 5.33. The number of hydrogen-bond donors (Lipinski definition) is 1. The van der Waals surface area contributed by atoms with Crippen molar-refractivity contribution in [1.82, 2.24) is 0 Å². The molecule has 0 radical (unpaired) electrons. The second-order valence-corrected chi connectivity index (χ2v) is 3.64. The van der Waals surface area contributed by atoms with Crippen LogP contribution < -0.4 is 0 Å². The van der Waals surface area contributed by atoms with Crippen LogP contribution in [0.1, 0.15) is 24.8 Å². The summed E-state index contributed by atoms with van der Waals surface area (Å²) in [4.78, 5) is 0. The molecule has 16 heavy (non-hydrogen) atoms. The fourth-order valence-corrected chi connectivity index (χ4v) is 1.48. The van der Waals surface area contributed by atoms with Crippen molar-refractivity contribution in [2.75, 3.05) is 0 Å². The van der Waals surface area contributed by atoms with Crippen molar-refractivity contribution >= 4 is 0 Å². The summed E-state index contributed by atoms with van der Waals surface area (Å²) in [5.41, 5.74) is 4.47. The van der Waals surface area contributed by atoms with Gasteiger partial charge in [0.05, 0.1) is 5.57 Å². The molecule has 0 amide bonds. The van der Waals surface area contributed by atoms with Gasteiger partial charge in [-0.1, -0.05) is 18.7 Å². The molecule has 1 aromatic rings. The summed E-state index contributed by atoms with van der Waals surface area (Å²) in [6.45, 7) is 3.47. The molecule has 0 bridgehead atoms. The number of nitriles is 1. The van der Waals surface area contributed by atoms with Crippen LogP contribution >= 0.6 is 0 Å². The highest BCUT2D eigenvalue weighted by Crippen LogP contribution is 2.13. The van der Waals surface area contributed by atoms with Gasteiger partial charge in [-0.05, 0) is 43.4 Å². The van der Waals surface area contributed by atoms with Crippen molar-refractivity contribution in [2.45, 2.75) is 25.7 Å². The Morgan fingerprint density at radius 3 is 2.50 bits per heavy atom. The molecule has 0 saturated carbocycles. The zero-order valence-corrected chi connectivity index (χ0v) is 9.24. The third-order valence-corrected chi connectivity index (χ3v) is 2.43. The van der Waals surface area contributed by atoms with Gasteiger partial charge in [-0.25, -0.2) is 0 Å². The molecule has 0 atom stereocenters. The number of benzene rings is 1. The summed E-state index contributed by atoms with van der Waals surface area (Å²) in [5.74, 6) is 0.296. The number of allylic oxidation sites excluding steroid dienone is 1. The number of nitrogens with zero attached hydrogens (tertiary/aromatic N) is 1. The summed E-state index contributed by atoms with van der Waals surface area (Å²) in [7, 11) is 0. The molecule has 0 heterocycles. The molecule has 1 aromatic carbocycles. The predicted octanol–water partition coefficient (Wildman–Crippen LogP) is 3.34. The molecule has 82 valence electrons. The lowest BCUT2D eigenvalue weighted by molar-refractivity contribution is 0.475. The van der Waals surface area contributed by atoms with E-state index in [1.165, 1.54) is 5.56 Å². The van der Waals surface area contributed by atoms with Gasteiger partial charge in [-0.15, -0.1) is 5.73 Å². The summed E-state index contributed by atoms with van der Waals surface area (Å²) < 4.78 is 0. The van der Waals surface area contributed by atoms with Gasteiger partial charge in [0.25, 0.3) is 0 Å². The Morgan fingerprint density at radius 1 is 1.25 bits per heavy atom. The van der Waals surface area contributed by atoms with Crippen LogP contribution in [-0.2, 0) is 6.42 Å². The predicted molar refractivity (Wildman–Crippen MR) is 63.9 cm³/mol. The number of phenolic OH excluding ortho intramolecular Hbond substituents is 1. The maximum atomic E-state index is 9.11. The van der Waals surface area contributed by atoms with E-state index in [2.05, 4.69) is 18.4 Å². The average Bonchev–Trinajstić information content (AvgIpc) is 2.32. The fraction of sp³-hybridized carbons (Fsp3) is 0.286. The van der Waals surface area contributed by atoms with Gasteiger partial charge in [0.1, 0.15) is 11.8 Å². The van der Waals surface area contributed by atoms with Crippen LogP contribution in [0.3, 0.4) is 0 Å². The van der Waals surface area contributed by atoms with E-state index in [4.69, 9.17) is 10.4 Å². The van der Waals surface area contributed by atoms with E-state index < -0.39 is 0 Å². The van der Waals surface area contributed by atoms with Gasteiger partial charge in [0.2, 0.25) is 0 Å². The van der Waals surface area contributed by atoms with Crippen molar-refractivity contribution < 1.29 is 5.11 Å². The molecule has 2 heteroatoms. The minimum Gasteiger partial charge on any atom is -0.508 e. The summed E-state index contributed by atoms with van der Waals surface area (Å²) >= 11 is 0. The van der Waals surface area contributed by atoms with E-state index in [-0.39, 0.29) is 0 Å². The van der Waals surface area contributed by atoms with Crippen LogP contribution in [0.25, 0.3) is 0 Å². The standard InChI is InChI=1S/C14H15NO/c1-2-12(11-15)5-3-4-6-13-7-9-14(16)10-8-13/h7-10,16H,1,3-6H2. The first kappa shape index (κ1) is 12.1. The smallest absolute Gasteiger partial charge is 0.115 e. The number of aryl methyl sites for hydroxylation is 1. The average molecular weight is 213 g/mol. The topological polar surface area (TPSA) is 44.0 Å². The van der Waals surface area contributed by atoms with Crippen molar-refractivity contribution in [2.24, 2.45) is 0 Å². The highest BCUT2D eigenvalue weighted by molar-refractivity contribution is 5.26. The Labute approximate surface area is 96.2 Å². The highest BCUT2D eigenvalue weighted by Gasteiger charge is 1.96. The van der Waals surface area contributed by atoms with Gasteiger partial charge < -0.3 is 5.11 Å². The Hall–Kier alpha value is -1.97. The van der Waals surface area contributed by atoms with E-state index in [1.54, 1.807) is 12.1 Å². The monoisotopic (exact) mass is 213 g/mol. The first-order chi connectivity index (χ1) is 7.76. The number of phenols is 1. The van der Waals surface area contributed by atoms with Crippen LogP contribution in [0.5, 0.6) is 5.75 Å². The Morgan fingerprint density at radius 2 is 1.94 bits per heavy atom. The molecule has 1 rings (SSSR count). The van der Waals surface area contributed by atoms with Crippen molar-refractivity contribution in [3.63, 3.8) is 0 Å². The second kappa shape index (κ2) is 6.50. The van der Waals surface area contributed by atoms with E-state index >= 15 is 0 Å². The van der Waals surface area contributed by atoms with Crippen molar-refractivity contribution in [3.05, 3.63) is 47.7 Å². The molecule has 1 N–H and O–H groups in total. The second-order valence-electron chi connectivity index (χ2n) is 3.64. The molecular weight excluding hydrogens is 198 g/mol. The van der Waals surface area contributed by atoms with Crippen LogP contribution in [0.15, 0.2) is 42.1 Å². The third kappa shape index (κ3) is 4.04. The first-order valence-electron chi connectivity index (χ1n) is 5.33. The Balaban J connectivity index is 2.29. The summed E-state index contributed by atoms with van der Waals surface area (Å²) in [6.07, 6.45) is 3.71. The third-order valence-electron chi connectivity index (χ3n) is 2.43. The van der Waals surface area contributed by atoms with Crippen LogP contribution in [0, 0.1) is 11.3 Å². The summed E-state index contributed by atoms with van der Waals surface area (Å²) in [6, 6.07) is 9.30. The minimum absolute atomic E-state index is 0.296. The lowest BCUT2D eigenvalue weighted by atomic mass is 10.0. The molecule has 0 aliphatic rings. The zero-order chi connectivity index (χ0) is 11.8. The molecule has 0 fully saturated rings. The SMILES string of the molecule is C=C=C(C#N)CCCCc1ccc(O)cc1.